The quantitative estimate of drug-likeness (QED) is 0.411. The van der Waals surface area contributed by atoms with E-state index in [1.54, 1.807) is 12.5 Å². The van der Waals surface area contributed by atoms with Crippen molar-refractivity contribution < 1.29 is 23.1 Å². The van der Waals surface area contributed by atoms with E-state index in [0.717, 1.165) is 57.3 Å². The van der Waals surface area contributed by atoms with Gasteiger partial charge in [-0.15, -0.1) is 0 Å². The minimum atomic E-state index is -0.791. The first-order chi connectivity index (χ1) is 17.2. The molecule has 0 radical (unpaired) electrons. The maximum atomic E-state index is 13.4. The van der Waals surface area contributed by atoms with Gasteiger partial charge in [0.1, 0.15) is 17.7 Å². The third-order valence-electron chi connectivity index (χ3n) is 6.38. The van der Waals surface area contributed by atoms with Crippen LogP contribution in [0.2, 0.25) is 0 Å². The highest BCUT2D eigenvalue weighted by atomic mass is 19.1. The average Bonchev–Trinajstić information content (AvgIpc) is 3.28. The molecule has 0 saturated carbocycles. The van der Waals surface area contributed by atoms with E-state index in [4.69, 9.17) is 4.74 Å². The van der Waals surface area contributed by atoms with E-state index in [-0.39, 0.29) is 17.5 Å². The van der Waals surface area contributed by atoms with Gasteiger partial charge < -0.3 is 25.3 Å². The smallest absolute Gasteiger partial charge is 0.248 e. The van der Waals surface area contributed by atoms with E-state index in [1.807, 2.05) is 11.5 Å². The van der Waals surface area contributed by atoms with Crippen LogP contribution < -0.4 is 16.0 Å². The van der Waals surface area contributed by atoms with Crippen molar-refractivity contribution in [3.8, 4) is 0 Å². The molecule has 1 saturated heterocycles. The molecular weight excluding hydrogens is 468 g/mol. The highest BCUT2D eigenvalue weighted by Gasteiger charge is 2.24. The molecule has 1 atom stereocenters. The van der Waals surface area contributed by atoms with Crippen molar-refractivity contribution in [2.24, 2.45) is 5.92 Å². The van der Waals surface area contributed by atoms with Crippen molar-refractivity contribution in [1.29, 1.82) is 0 Å². The molecule has 10 heteroatoms. The summed E-state index contributed by atoms with van der Waals surface area (Å²) in [7, 11) is 0. The lowest BCUT2D eigenvalue weighted by Gasteiger charge is -2.29. The summed E-state index contributed by atoms with van der Waals surface area (Å²) in [6, 6.07) is 2.16. The lowest BCUT2D eigenvalue weighted by molar-refractivity contribution is -0.126. The zero-order valence-electron chi connectivity index (χ0n) is 21.3. The molecule has 2 aromatic rings. The normalized spacial score (nSPS) is 15.5. The zero-order chi connectivity index (χ0) is 26.1. The number of benzene rings is 1. The van der Waals surface area contributed by atoms with Crippen LogP contribution in [-0.2, 0) is 26.3 Å². The number of anilines is 1. The molecule has 2 amide bonds. The summed E-state index contributed by atoms with van der Waals surface area (Å²) in [4.78, 5) is 29.7. The van der Waals surface area contributed by atoms with E-state index in [2.05, 4.69) is 34.8 Å². The van der Waals surface area contributed by atoms with E-state index in [1.165, 1.54) is 0 Å². The number of ether oxygens (including phenoxy) is 1. The van der Waals surface area contributed by atoms with Gasteiger partial charge in [-0.05, 0) is 63.3 Å². The van der Waals surface area contributed by atoms with E-state index in [0.29, 0.717) is 24.6 Å². The van der Waals surface area contributed by atoms with E-state index < -0.39 is 29.5 Å². The molecule has 0 aliphatic carbocycles. The molecule has 8 nitrogen and oxygen atoms in total. The van der Waals surface area contributed by atoms with Crippen LogP contribution in [-0.4, -0.2) is 53.7 Å². The molecule has 1 aromatic carbocycles. The summed E-state index contributed by atoms with van der Waals surface area (Å²) in [6.45, 7) is 9.40. The van der Waals surface area contributed by atoms with Gasteiger partial charge in [-0.3, -0.25) is 9.59 Å². The van der Waals surface area contributed by atoms with Crippen molar-refractivity contribution in [3.63, 3.8) is 0 Å². The monoisotopic (exact) mass is 505 g/mol. The third-order valence-corrected chi connectivity index (χ3v) is 6.38. The SMILES string of the molecule is CCC[C@H](NC(=O)Cc1cc(F)cc(F)c1)C(=O)Nc1cn(C(C)(C)CNCC2CCOCC2)cn1. The minimum Gasteiger partial charge on any atom is -0.381 e. The van der Waals surface area contributed by atoms with E-state index >= 15 is 0 Å². The van der Waals surface area contributed by atoms with Crippen LogP contribution in [0.15, 0.2) is 30.7 Å². The molecule has 1 aromatic heterocycles. The molecule has 0 bridgehead atoms. The van der Waals surface area contributed by atoms with Crippen LogP contribution in [0, 0.1) is 17.6 Å². The molecule has 36 heavy (non-hydrogen) atoms. The number of halogens is 2. The summed E-state index contributed by atoms with van der Waals surface area (Å²) < 4.78 is 34.2. The fraction of sp³-hybridized carbons (Fsp3) is 0.577. The highest BCUT2D eigenvalue weighted by molar-refractivity contribution is 5.96. The topological polar surface area (TPSA) is 97.3 Å². The lowest BCUT2D eigenvalue weighted by Crippen LogP contribution is -2.44. The number of nitrogens with zero attached hydrogens (tertiary/aromatic N) is 2. The second-order valence-corrected chi connectivity index (χ2v) is 10.0. The zero-order valence-corrected chi connectivity index (χ0v) is 21.3. The molecule has 3 N–H and O–H groups in total. The van der Waals surface area contributed by atoms with Gasteiger partial charge in [-0.2, -0.15) is 0 Å². The minimum absolute atomic E-state index is 0.201. The summed E-state index contributed by atoms with van der Waals surface area (Å²) in [5.41, 5.74) is -0.0645. The Hall–Kier alpha value is -2.85. The summed E-state index contributed by atoms with van der Waals surface area (Å²) in [6.07, 6.45) is 6.44. The number of nitrogens with one attached hydrogen (secondary N) is 3. The third kappa shape index (κ3) is 8.37. The van der Waals surface area contributed by atoms with Gasteiger partial charge in [-0.25, -0.2) is 13.8 Å². The van der Waals surface area contributed by atoms with Crippen LogP contribution in [0.1, 0.15) is 52.0 Å². The molecule has 1 fully saturated rings. The first-order valence-electron chi connectivity index (χ1n) is 12.5. The molecule has 0 unspecified atom stereocenters. The van der Waals surface area contributed by atoms with Crippen molar-refractivity contribution in [1.82, 2.24) is 20.2 Å². The number of rotatable bonds is 12. The Bertz CT molecular complexity index is 1000. The summed E-state index contributed by atoms with van der Waals surface area (Å²) in [5.74, 6) is -1.37. The Kier molecular flexibility index (Phi) is 9.95. The largest absolute Gasteiger partial charge is 0.381 e. The number of hydrogen-bond donors (Lipinski definition) is 3. The predicted molar refractivity (Wildman–Crippen MR) is 133 cm³/mol. The van der Waals surface area contributed by atoms with Crippen LogP contribution in [0.25, 0.3) is 0 Å². The summed E-state index contributed by atoms with van der Waals surface area (Å²) in [5, 5.41) is 8.99. The Labute approximate surface area is 211 Å². The standard InChI is InChI=1S/C26H37F2N5O3/c1-4-5-22(31-24(34)12-19-10-20(27)13-21(28)11-19)25(35)32-23-15-33(17-30-23)26(2,3)16-29-14-18-6-8-36-9-7-18/h10-11,13,15,17-18,22,29H,4-9,12,14,16H2,1-3H3,(H,31,34)(H,32,35)/t22-/m0/s1. The van der Waals surface area contributed by atoms with Gasteiger partial charge in [0, 0.05) is 32.0 Å². The van der Waals surface area contributed by atoms with Crippen LogP contribution in [0.5, 0.6) is 0 Å². The number of carbonyl (C=O) groups excluding carboxylic acids is 2. The van der Waals surface area contributed by atoms with Crippen molar-refractivity contribution in [2.75, 3.05) is 31.6 Å². The van der Waals surface area contributed by atoms with Crippen LogP contribution >= 0.6 is 0 Å². The van der Waals surface area contributed by atoms with Crippen molar-refractivity contribution in [3.05, 3.63) is 47.9 Å². The molecule has 1 aliphatic rings. The second-order valence-electron chi connectivity index (χ2n) is 10.0. The van der Waals surface area contributed by atoms with Gasteiger partial charge in [-0.1, -0.05) is 13.3 Å². The summed E-state index contributed by atoms with van der Waals surface area (Å²) >= 11 is 0. The number of imidazole rings is 1. The maximum Gasteiger partial charge on any atom is 0.248 e. The van der Waals surface area contributed by atoms with Crippen LogP contribution in [0.4, 0.5) is 14.6 Å². The first-order valence-corrected chi connectivity index (χ1v) is 12.5. The Morgan fingerprint density at radius 2 is 1.89 bits per heavy atom. The van der Waals surface area contributed by atoms with Gasteiger partial charge in [0.25, 0.3) is 0 Å². The van der Waals surface area contributed by atoms with E-state index in [9.17, 15) is 18.4 Å². The van der Waals surface area contributed by atoms with Crippen molar-refractivity contribution in [2.45, 2.75) is 64.5 Å². The highest BCUT2D eigenvalue weighted by Crippen LogP contribution is 2.18. The fourth-order valence-electron chi connectivity index (χ4n) is 4.26. The Morgan fingerprint density at radius 1 is 1.19 bits per heavy atom. The fourth-order valence-corrected chi connectivity index (χ4v) is 4.26. The molecule has 2 heterocycles. The Morgan fingerprint density at radius 3 is 2.56 bits per heavy atom. The average molecular weight is 506 g/mol. The van der Waals surface area contributed by atoms with Gasteiger partial charge in [0.15, 0.2) is 5.82 Å². The molecule has 0 spiro atoms. The molecule has 1 aliphatic heterocycles. The number of aromatic nitrogens is 2. The van der Waals surface area contributed by atoms with Crippen LogP contribution in [0.3, 0.4) is 0 Å². The number of amides is 2. The van der Waals surface area contributed by atoms with Gasteiger partial charge in [0.2, 0.25) is 11.8 Å². The lowest BCUT2D eigenvalue weighted by atomic mass is 9.99. The molecular formula is C26H37F2N5O3. The van der Waals surface area contributed by atoms with Gasteiger partial charge in [0.05, 0.1) is 18.3 Å². The second kappa shape index (κ2) is 12.9. The van der Waals surface area contributed by atoms with Gasteiger partial charge >= 0.3 is 0 Å². The predicted octanol–water partition coefficient (Wildman–Crippen LogP) is 3.38. The first kappa shape index (κ1) is 27.7. The molecule has 198 valence electrons. The van der Waals surface area contributed by atoms with Crippen molar-refractivity contribution >= 4 is 17.6 Å². The maximum absolute atomic E-state index is 13.4. The Balaban J connectivity index is 1.53. The number of hydrogen-bond acceptors (Lipinski definition) is 5. The number of carbonyl (C=O) groups is 2. The molecule has 3 rings (SSSR count).